The number of hydrogen-bond acceptors (Lipinski definition) is 6. The minimum atomic E-state index is -0.806. The number of thiazole rings is 1. The lowest BCUT2D eigenvalue weighted by atomic mass is 9.90. The van der Waals surface area contributed by atoms with Crippen molar-refractivity contribution in [1.82, 2.24) is 4.98 Å². The predicted octanol–water partition coefficient (Wildman–Crippen LogP) is 0.881. The van der Waals surface area contributed by atoms with Crippen molar-refractivity contribution in [2.45, 2.75) is 26.2 Å². The fourth-order valence-electron chi connectivity index (χ4n) is 1.22. The van der Waals surface area contributed by atoms with Crippen LogP contribution in [0.2, 0.25) is 0 Å². The zero-order valence-electron chi connectivity index (χ0n) is 10.6. The molecule has 0 aliphatic rings. The fourth-order valence-corrected chi connectivity index (χ4v) is 2.10. The summed E-state index contributed by atoms with van der Waals surface area (Å²) < 4.78 is 5.00. The van der Waals surface area contributed by atoms with E-state index in [-0.39, 0.29) is 12.5 Å². The SMILES string of the molecule is CCOC(=O)C(C)(C)c1csc(NCC(N)=O)n1. The van der Waals surface area contributed by atoms with Gasteiger partial charge in [0.15, 0.2) is 5.13 Å². The van der Waals surface area contributed by atoms with Crippen LogP contribution in [0.4, 0.5) is 5.13 Å². The standard InChI is InChI=1S/C11H17N3O3S/c1-4-17-9(16)11(2,3)7-6-18-10(14-7)13-5-8(12)15/h6H,4-5H2,1-3H3,(H2,12,15)(H,13,14). The number of amides is 1. The van der Waals surface area contributed by atoms with E-state index >= 15 is 0 Å². The molecule has 0 fully saturated rings. The van der Waals surface area contributed by atoms with Crippen LogP contribution in [0, 0.1) is 0 Å². The van der Waals surface area contributed by atoms with Crippen LogP contribution in [0.25, 0.3) is 0 Å². The number of carbonyl (C=O) groups is 2. The molecule has 0 radical (unpaired) electrons. The second kappa shape index (κ2) is 5.81. The average molecular weight is 271 g/mol. The molecule has 6 nitrogen and oxygen atoms in total. The second-order valence-corrected chi connectivity index (χ2v) is 5.06. The zero-order chi connectivity index (χ0) is 13.8. The van der Waals surface area contributed by atoms with Crippen molar-refractivity contribution in [1.29, 1.82) is 0 Å². The number of nitrogens with two attached hydrogens (primary N) is 1. The molecule has 1 aromatic rings. The summed E-state index contributed by atoms with van der Waals surface area (Å²) in [4.78, 5) is 26.7. The normalized spacial score (nSPS) is 11.1. The van der Waals surface area contributed by atoms with Crippen LogP contribution in [0.1, 0.15) is 26.5 Å². The summed E-state index contributed by atoms with van der Waals surface area (Å²) >= 11 is 1.32. The third-order valence-electron chi connectivity index (χ3n) is 2.34. The second-order valence-electron chi connectivity index (χ2n) is 4.20. The number of primary amides is 1. The van der Waals surface area contributed by atoms with Gasteiger partial charge in [-0.3, -0.25) is 9.59 Å². The van der Waals surface area contributed by atoms with Gasteiger partial charge in [-0.1, -0.05) is 0 Å². The molecular weight excluding hydrogens is 254 g/mol. The summed E-state index contributed by atoms with van der Waals surface area (Å²) in [5, 5.41) is 5.11. The number of esters is 1. The van der Waals surface area contributed by atoms with E-state index in [1.807, 2.05) is 0 Å². The van der Waals surface area contributed by atoms with Gasteiger partial charge >= 0.3 is 5.97 Å². The van der Waals surface area contributed by atoms with E-state index < -0.39 is 11.3 Å². The largest absolute Gasteiger partial charge is 0.465 e. The Kier molecular flexibility index (Phi) is 4.66. The quantitative estimate of drug-likeness (QED) is 0.749. The number of carbonyl (C=O) groups excluding carboxylic acids is 2. The van der Waals surface area contributed by atoms with Gasteiger partial charge in [-0.25, -0.2) is 4.98 Å². The first kappa shape index (κ1) is 14.4. The Balaban J connectivity index is 2.77. The summed E-state index contributed by atoms with van der Waals surface area (Å²) in [5.41, 5.74) is 4.82. The minimum Gasteiger partial charge on any atom is -0.465 e. The van der Waals surface area contributed by atoms with Crippen molar-refractivity contribution >= 4 is 28.3 Å². The minimum absolute atomic E-state index is 0.0206. The molecule has 0 unspecified atom stereocenters. The Morgan fingerprint density at radius 3 is 2.78 bits per heavy atom. The third kappa shape index (κ3) is 3.43. The van der Waals surface area contributed by atoms with Crippen molar-refractivity contribution in [3.63, 3.8) is 0 Å². The molecule has 3 N–H and O–H groups in total. The van der Waals surface area contributed by atoms with E-state index in [2.05, 4.69) is 10.3 Å². The number of rotatable bonds is 6. The van der Waals surface area contributed by atoms with Gasteiger partial charge in [-0.15, -0.1) is 11.3 Å². The van der Waals surface area contributed by atoms with Gasteiger partial charge in [0.1, 0.15) is 5.41 Å². The number of nitrogens with one attached hydrogen (secondary N) is 1. The molecule has 7 heteroatoms. The molecule has 1 aromatic heterocycles. The molecular formula is C11H17N3O3S. The highest BCUT2D eigenvalue weighted by Gasteiger charge is 2.33. The lowest BCUT2D eigenvalue weighted by Crippen LogP contribution is -2.31. The zero-order valence-corrected chi connectivity index (χ0v) is 11.5. The molecule has 0 bridgehead atoms. The van der Waals surface area contributed by atoms with Crippen molar-refractivity contribution in [2.24, 2.45) is 5.73 Å². The molecule has 0 saturated carbocycles. The van der Waals surface area contributed by atoms with Gasteiger partial charge in [-0.05, 0) is 20.8 Å². The maximum atomic E-state index is 11.8. The number of aromatic nitrogens is 1. The highest BCUT2D eigenvalue weighted by molar-refractivity contribution is 7.13. The molecule has 18 heavy (non-hydrogen) atoms. The molecule has 1 heterocycles. The average Bonchev–Trinajstić information content (AvgIpc) is 2.75. The van der Waals surface area contributed by atoms with Crippen LogP contribution in [0.3, 0.4) is 0 Å². The van der Waals surface area contributed by atoms with E-state index in [9.17, 15) is 9.59 Å². The van der Waals surface area contributed by atoms with Crippen molar-refractivity contribution in [3.8, 4) is 0 Å². The predicted molar refractivity (Wildman–Crippen MR) is 69.5 cm³/mol. The van der Waals surface area contributed by atoms with E-state index in [0.29, 0.717) is 17.4 Å². The topological polar surface area (TPSA) is 94.3 Å². The molecule has 100 valence electrons. The van der Waals surface area contributed by atoms with Gasteiger partial charge in [0, 0.05) is 5.38 Å². The fraction of sp³-hybridized carbons (Fsp3) is 0.545. The van der Waals surface area contributed by atoms with E-state index in [4.69, 9.17) is 10.5 Å². The van der Waals surface area contributed by atoms with Crippen LogP contribution < -0.4 is 11.1 Å². The number of nitrogens with zero attached hydrogens (tertiary/aromatic N) is 1. The van der Waals surface area contributed by atoms with Crippen LogP contribution in [-0.2, 0) is 19.7 Å². The molecule has 0 atom stereocenters. The third-order valence-corrected chi connectivity index (χ3v) is 3.14. The van der Waals surface area contributed by atoms with E-state index in [1.54, 1.807) is 26.2 Å². The first-order valence-corrected chi connectivity index (χ1v) is 6.41. The Hall–Kier alpha value is -1.63. The van der Waals surface area contributed by atoms with E-state index in [1.165, 1.54) is 11.3 Å². The maximum absolute atomic E-state index is 11.8. The van der Waals surface area contributed by atoms with Crippen molar-refractivity contribution in [2.75, 3.05) is 18.5 Å². The summed E-state index contributed by atoms with van der Waals surface area (Å²) in [6.45, 7) is 5.61. The highest BCUT2D eigenvalue weighted by Crippen LogP contribution is 2.28. The summed E-state index contributed by atoms with van der Waals surface area (Å²) in [6.07, 6.45) is 0. The maximum Gasteiger partial charge on any atom is 0.317 e. The van der Waals surface area contributed by atoms with Crippen LogP contribution in [0.15, 0.2) is 5.38 Å². The smallest absolute Gasteiger partial charge is 0.317 e. The van der Waals surface area contributed by atoms with Gasteiger partial charge in [-0.2, -0.15) is 0 Å². The Bertz CT molecular complexity index is 442. The monoisotopic (exact) mass is 271 g/mol. The van der Waals surface area contributed by atoms with Crippen LogP contribution >= 0.6 is 11.3 Å². The first-order valence-electron chi connectivity index (χ1n) is 5.53. The van der Waals surface area contributed by atoms with Gasteiger partial charge < -0.3 is 15.8 Å². The lowest BCUT2D eigenvalue weighted by molar-refractivity contribution is -0.148. The molecule has 0 aromatic carbocycles. The Morgan fingerprint density at radius 1 is 1.56 bits per heavy atom. The Labute approximate surface area is 110 Å². The first-order chi connectivity index (χ1) is 8.37. The summed E-state index contributed by atoms with van der Waals surface area (Å²) in [6, 6.07) is 0. The number of anilines is 1. The molecule has 0 saturated heterocycles. The highest BCUT2D eigenvalue weighted by atomic mass is 32.1. The van der Waals surface area contributed by atoms with Gasteiger partial charge in [0.2, 0.25) is 5.91 Å². The summed E-state index contributed by atoms with van der Waals surface area (Å²) in [7, 11) is 0. The molecule has 0 spiro atoms. The van der Waals surface area contributed by atoms with Crippen LogP contribution in [0.5, 0.6) is 0 Å². The number of hydrogen-bond donors (Lipinski definition) is 2. The Morgan fingerprint density at radius 2 is 2.22 bits per heavy atom. The van der Waals surface area contributed by atoms with Gasteiger partial charge in [0.25, 0.3) is 0 Å². The molecule has 1 rings (SSSR count). The summed E-state index contributed by atoms with van der Waals surface area (Å²) in [5.74, 6) is -0.784. The van der Waals surface area contributed by atoms with Crippen molar-refractivity contribution < 1.29 is 14.3 Å². The lowest BCUT2D eigenvalue weighted by Gasteiger charge is -2.19. The van der Waals surface area contributed by atoms with Crippen LogP contribution in [-0.4, -0.2) is 30.0 Å². The van der Waals surface area contributed by atoms with Gasteiger partial charge in [0.05, 0.1) is 18.8 Å². The molecule has 1 amide bonds. The number of ether oxygens (including phenoxy) is 1. The molecule has 0 aliphatic heterocycles. The molecule has 0 aliphatic carbocycles. The van der Waals surface area contributed by atoms with Crippen molar-refractivity contribution in [3.05, 3.63) is 11.1 Å². The van der Waals surface area contributed by atoms with E-state index in [0.717, 1.165) is 0 Å².